The van der Waals surface area contributed by atoms with E-state index >= 15 is 0 Å². The molecular formula is C28H37N3O4. The second kappa shape index (κ2) is 12.0. The molecule has 35 heavy (non-hydrogen) atoms. The standard InChI is InChI=1S/C28H37N3O4/c1-34-23-16-21(17-24(18-23)35-2)27(32)30-22-12-14-31(15-13-22)26-11-7-6-10-25(26)28(33)29-19-20-8-4-3-5-9-20/h6-7,10-11,16-18,20,22H,3-5,8-9,12-15,19H2,1-2H3,(H,29,33)(H,30,32). The van der Waals surface area contributed by atoms with E-state index in [0.717, 1.165) is 43.7 Å². The van der Waals surface area contributed by atoms with Crippen LogP contribution in [-0.2, 0) is 0 Å². The molecule has 4 rings (SSSR count). The van der Waals surface area contributed by atoms with Crippen molar-refractivity contribution in [1.82, 2.24) is 10.6 Å². The van der Waals surface area contributed by atoms with Crippen LogP contribution in [0.5, 0.6) is 11.5 Å². The number of piperidine rings is 1. The largest absolute Gasteiger partial charge is 0.497 e. The van der Waals surface area contributed by atoms with Crippen LogP contribution in [-0.4, -0.2) is 51.7 Å². The van der Waals surface area contributed by atoms with Gasteiger partial charge in [0.05, 0.1) is 19.8 Å². The smallest absolute Gasteiger partial charge is 0.253 e. The van der Waals surface area contributed by atoms with Gasteiger partial charge in [0.15, 0.2) is 0 Å². The Morgan fingerprint density at radius 1 is 0.886 bits per heavy atom. The predicted octanol–water partition coefficient (Wildman–Crippen LogP) is 4.41. The Morgan fingerprint density at radius 3 is 2.20 bits per heavy atom. The molecule has 2 aromatic rings. The lowest BCUT2D eigenvalue weighted by Crippen LogP contribution is -2.45. The SMILES string of the molecule is COc1cc(OC)cc(C(=O)NC2CCN(c3ccccc3C(=O)NCC3CCCCC3)CC2)c1. The van der Waals surface area contributed by atoms with Gasteiger partial charge in [-0.05, 0) is 55.9 Å². The van der Waals surface area contributed by atoms with Gasteiger partial charge in [0.1, 0.15) is 11.5 Å². The van der Waals surface area contributed by atoms with E-state index in [1.807, 2.05) is 24.3 Å². The zero-order chi connectivity index (χ0) is 24.6. The number of nitrogens with one attached hydrogen (secondary N) is 2. The van der Waals surface area contributed by atoms with Gasteiger partial charge >= 0.3 is 0 Å². The van der Waals surface area contributed by atoms with Gasteiger partial charge in [0.25, 0.3) is 11.8 Å². The summed E-state index contributed by atoms with van der Waals surface area (Å²) in [5.74, 6) is 1.64. The molecule has 0 bridgehead atoms. The minimum absolute atomic E-state index is 0.00794. The van der Waals surface area contributed by atoms with Crippen molar-refractivity contribution in [2.75, 3.05) is 38.8 Å². The lowest BCUT2D eigenvalue weighted by atomic mass is 9.89. The predicted molar refractivity (Wildman–Crippen MR) is 138 cm³/mol. The number of para-hydroxylation sites is 1. The van der Waals surface area contributed by atoms with Crippen LogP contribution in [0.3, 0.4) is 0 Å². The average Bonchev–Trinajstić information content (AvgIpc) is 2.92. The third kappa shape index (κ3) is 6.47. The molecule has 1 saturated carbocycles. The minimum atomic E-state index is -0.136. The van der Waals surface area contributed by atoms with E-state index in [4.69, 9.17) is 9.47 Å². The third-order valence-electron chi connectivity index (χ3n) is 7.21. The molecule has 188 valence electrons. The molecule has 2 aromatic carbocycles. The molecule has 0 aromatic heterocycles. The molecule has 2 fully saturated rings. The van der Waals surface area contributed by atoms with E-state index in [9.17, 15) is 9.59 Å². The van der Waals surface area contributed by atoms with E-state index in [-0.39, 0.29) is 17.9 Å². The molecule has 2 N–H and O–H groups in total. The van der Waals surface area contributed by atoms with Gasteiger partial charge in [-0.25, -0.2) is 0 Å². The van der Waals surface area contributed by atoms with Crippen molar-refractivity contribution in [3.05, 3.63) is 53.6 Å². The summed E-state index contributed by atoms with van der Waals surface area (Å²) in [6.45, 7) is 2.31. The van der Waals surface area contributed by atoms with Crippen molar-refractivity contribution in [2.45, 2.75) is 51.0 Å². The summed E-state index contributed by atoms with van der Waals surface area (Å²) >= 11 is 0. The summed E-state index contributed by atoms with van der Waals surface area (Å²) in [6.07, 6.45) is 7.91. The molecule has 2 amide bonds. The fourth-order valence-electron chi connectivity index (χ4n) is 5.14. The first-order chi connectivity index (χ1) is 17.1. The average molecular weight is 480 g/mol. The minimum Gasteiger partial charge on any atom is -0.497 e. The number of amides is 2. The summed E-state index contributed by atoms with van der Waals surface area (Å²) in [7, 11) is 3.14. The number of rotatable bonds is 8. The van der Waals surface area contributed by atoms with E-state index in [1.54, 1.807) is 32.4 Å². The van der Waals surface area contributed by atoms with Crippen molar-refractivity contribution in [3.63, 3.8) is 0 Å². The highest BCUT2D eigenvalue weighted by atomic mass is 16.5. The van der Waals surface area contributed by atoms with Crippen LogP contribution in [0, 0.1) is 5.92 Å². The summed E-state index contributed by atoms with van der Waals surface area (Å²) in [4.78, 5) is 28.1. The topological polar surface area (TPSA) is 79.9 Å². The molecule has 1 saturated heterocycles. The van der Waals surface area contributed by atoms with Crippen molar-refractivity contribution < 1.29 is 19.1 Å². The maximum absolute atomic E-state index is 13.0. The Hall–Kier alpha value is -3.22. The highest BCUT2D eigenvalue weighted by Gasteiger charge is 2.25. The summed E-state index contributed by atoms with van der Waals surface area (Å²) in [5.41, 5.74) is 2.22. The number of benzene rings is 2. The molecular weight excluding hydrogens is 442 g/mol. The Balaban J connectivity index is 1.33. The molecule has 0 unspecified atom stereocenters. The van der Waals surface area contributed by atoms with E-state index in [2.05, 4.69) is 15.5 Å². The Labute approximate surface area is 208 Å². The fourth-order valence-corrected chi connectivity index (χ4v) is 5.14. The van der Waals surface area contributed by atoms with Crippen LogP contribution in [0.1, 0.15) is 65.7 Å². The van der Waals surface area contributed by atoms with Gasteiger partial charge < -0.3 is 25.0 Å². The van der Waals surface area contributed by atoms with Gasteiger partial charge in [-0.1, -0.05) is 31.4 Å². The van der Waals surface area contributed by atoms with Crippen LogP contribution in [0.2, 0.25) is 0 Å². The number of carbonyl (C=O) groups is 2. The van der Waals surface area contributed by atoms with E-state index < -0.39 is 0 Å². The first-order valence-electron chi connectivity index (χ1n) is 12.7. The van der Waals surface area contributed by atoms with Crippen molar-refractivity contribution in [3.8, 4) is 11.5 Å². The molecule has 7 heteroatoms. The molecule has 1 aliphatic heterocycles. The number of hydrogen-bond acceptors (Lipinski definition) is 5. The van der Waals surface area contributed by atoms with Gasteiger partial charge in [0.2, 0.25) is 0 Å². The maximum atomic E-state index is 13.0. The summed E-state index contributed by atoms with van der Waals surface area (Å²) in [5, 5.41) is 6.32. The monoisotopic (exact) mass is 479 g/mol. The van der Waals surface area contributed by atoms with Gasteiger partial charge in [0, 0.05) is 43.0 Å². The van der Waals surface area contributed by atoms with Crippen LogP contribution in [0.25, 0.3) is 0 Å². The number of methoxy groups -OCH3 is 2. The van der Waals surface area contributed by atoms with E-state index in [1.165, 1.54) is 32.1 Å². The molecule has 0 radical (unpaired) electrons. The van der Waals surface area contributed by atoms with Crippen LogP contribution in [0.15, 0.2) is 42.5 Å². The van der Waals surface area contributed by atoms with Gasteiger partial charge in [-0.15, -0.1) is 0 Å². The molecule has 2 aliphatic rings. The lowest BCUT2D eigenvalue weighted by molar-refractivity contribution is 0.0928. The molecule has 1 heterocycles. The summed E-state index contributed by atoms with van der Waals surface area (Å²) < 4.78 is 10.6. The zero-order valence-corrected chi connectivity index (χ0v) is 20.8. The fraction of sp³-hybridized carbons (Fsp3) is 0.500. The first-order valence-corrected chi connectivity index (χ1v) is 12.7. The number of ether oxygens (including phenoxy) is 2. The Bertz CT molecular complexity index is 989. The second-order valence-corrected chi connectivity index (χ2v) is 9.57. The Morgan fingerprint density at radius 2 is 1.54 bits per heavy atom. The van der Waals surface area contributed by atoms with Crippen molar-refractivity contribution in [2.24, 2.45) is 5.92 Å². The van der Waals surface area contributed by atoms with Crippen LogP contribution in [0.4, 0.5) is 5.69 Å². The highest BCUT2D eigenvalue weighted by molar-refractivity contribution is 6.00. The number of carbonyl (C=O) groups excluding carboxylic acids is 2. The lowest BCUT2D eigenvalue weighted by Gasteiger charge is -2.35. The Kier molecular flexibility index (Phi) is 8.50. The highest BCUT2D eigenvalue weighted by Crippen LogP contribution is 2.27. The van der Waals surface area contributed by atoms with Crippen molar-refractivity contribution >= 4 is 17.5 Å². The van der Waals surface area contributed by atoms with Crippen LogP contribution < -0.4 is 25.0 Å². The number of nitrogens with zero attached hydrogens (tertiary/aromatic N) is 1. The zero-order valence-electron chi connectivity index (χ0n) is 20.8. The first kappa shape index (κ1) is 24.9. The quantitative estimate of drug-likeness (QED) is 0.586. The molecule has 0 atom stereocenters. The third-order valence-corrected chi connectivity index (χ3v) is 7.21. The normalized spacial score (nSPS) is 17.0. The van der Waals surface area contributed by atoms with E-state index in [0.29, 0.717) is 23.0 Å². The van der Waals surface area contributed by atoms with Gasteiger partial charge in [-0.3, -0.25) is 9.59 Å². The van der Waals surface area contributed by atoms with Gasteiger partial charge in [-0.2, -0.15) is 0 Å². The molecule has 7 nitrogen and oxygen atoms in total. The van der Waals surface area contributed by atoms with Crippen molar-refractivity contribution in [1.29, 1.82) is 0 Å². The summed E-state index contributed by atoms with van der Waals surface area (Å²) in [6, 6.07) is 13.1. The second-order valence-electron chi connectivity index (χ2n) is 9.57. The number of anilines is 1. The maximum Gasteiger partial charge on any atom is 0.253 e. The van der Waals surface area contributed by atoms with Crippen LogP contribution >= 0.6 is 0 Å². The molecule has 1 aliphatic carbocycles. The number of hydrogen-bond donors (Lipinski definition) is 2. The molecule has 0 spiro atoms.